The second kappa shape index (κ2) is 8.22. The lowest BCUT2D eigenvalue weighted by molar-refractivity contribution is -0.384. The van der Waals surface area contributed by atoms with E-state index in [-0.39, 0.29) is 29.0 Å². The van der Waals surface area contributed by atoms with Crippen LogP contribution in [0.4, 0.5) is 5.69 Å². The van der Waals surface area contributed by atoms with Crippen molar-refractivity contribution in [2.45, 2.75) is 12.5 Å². The second-order valence-electron chi connectivity index (χ2n) is 6.00. The zero-order valence-corrected chi connectivity index (χ0v) is 15.7. The predicted octanol–water partition coefficient (Wildman–Crippen LogP) is 2.92. The number of non-ortho nitro benzene ring substituents is 1. The molecule has 2 aromatic carbocycles. The standard InChI is InChI=1S/C19H16N2O6S/c1-28-11-10-16(19(24)27-13-8-6-12(7-9-13)21(25)26)20-17(22)14-4-2-3-5-15(14)18(20)23/h2-9,16H,10-11H2,1H3/t16-/m1/s1. The number of rotatable bonds is 7. The van der Waals surface area contributed by atoms with Crippen molar-refractivity contribution in [1.82, 2.24) is 4.90 Å². The summed E-state index contributed by atoms with van der Waals surface area (Å²) in [4.78, 5) is 49.3. The Kier molecular flexibility index (Phi) is 5.74. The van der Waals surface area contributed by atoms with Gasteiger partial charge in [0, 0.05) is 12.1 Å². The van der Waals surface area contributed by atoms with Crippen molar-refractivity contribution in [3.63, 3.8) is 0 Å². The Labute approximate surface area is 164 Å². The van der Waals surface area contributed by atoms with Crippen LogP contribution in [0.3, 0.4) is 0 Å². The molecule has 9 heteroatoms. The third-order valence-electron chi connectivity index (χ3n) is 4.27. The molecule has 0 fully saturated rings. The minimum atomic E-state index is -1.09. The topological polar surface area (TPSA) is 107 Å². The quantitative estimate of drug-likeness (QED) is 0.231. The number of nitro groups is 1. The number of nitrogens with zero attached hydrogens (tertiary/aromatic N) is 2. The van der Waals surface area contributed by atoms with Gasteiger partial charge in [0.25, 0.3) is 17.5 Å². The van der Waals surface area contributed by atoms with Crippen molar-refractivity contribution in [3.05, 3.63) is 69.8 Å². The van der Waals surface area contributed by atoms with Gasteiger partial charge in [-0.05, 0) is 42.7 Å². The van der Waals surface area contributed by atoms with E-state index in [9.17, 15) is 24.5 Å². The fraction of sp³-hybridized carbons (Fsp3) is 0.211. The molecule has 3 rings (SSSR count). The molecule has 1 atom stereocenters. The highest BCUT2D eigenvalue weighted by molar-refractivity contribution is 7.98. The monoisotopic (exact) mass is 400 g/mol. The Hall–Kier alpha value is -3.20. The second-order valence-corrected chi connectivity index (χ2v) is 6.98. The Morgan fingerprint density at radius 1 is 1.11 bits per heavy atom. The summed E-state index contributed by atoms with van der Waals surface area (Å²) in [6, 6.07) is 10.3. The van der Waals surface area contributed by atoms with Crippen molar-refractivity contribution in [2.75, 3.05) is 12.0 Å². The molecule has 0 aromatic heterocycles. The maximum atomic E-state index is 12.8. The van der Waals surface area contributed by atoms with Gasteiger partial charge in [0.05, 0.1) is 16.1 Å². The van der Waals surface area contributed by atoms with Crippen LogP contribution in [-0.2, 0) is 4.79 Å². The molecule has 0 bridgehead atoms. The van der Waals surface area contributed by atoms with Crippen molar-refractivity contribution in [1.29, 1.82) is 0 Å². The summed E-state index contributed by atoms with van der Waals surface area (Å²) in [6.45, 7) is 0. The lowest BCUT2D eigenvalue weighted by Gasteiger charge is -2.24. The highest BCUT2D eigenvalue weighted by Gasteiger charge is 2.43. The number of benzene rings is 2. The van der Waals surface area contributed by atoms with Gasteiger partial charge in [-0.3, -0.25) is 24.6 Å². The average Bonchev–Trinajstić information content (AvgIpc) is 2.94. The Balaban J connectivity index is 1.84. The maximum Gasteiger partial charge on any atom is 0.334 e. The van der Waals surface area contributed by atoms with Gasteiger partial charge in [0.1, 0.15) is 11.8 Å². The van der Waals surface area contributed by atoms with Crippen molar-refractivity contribution in [3.8, 4) is 5.75 Å². The van der Waals surface area contributed by atoms with Crippen LogP contribution in [0.1, 0.15) is 27.1 Å². The van der Waals surface area contributed by atoms with Gasteiger partial charge in [0.15, 0.2) is 0 Å². The number of imide groups is 1. The molecule has 0 aliphatic carbocycles. The van der Waals surface area contributed by atoms with E-state index in [2.05, 4.69) is 0 Å². The molecule has 1 heterocycles. The van der Waals surface area contributed by atoms with Gasteiger partial charge in [-0.25, -0.2) is 4.79 Å². The number of hydrogen-bond donors (Lipinski definition) is 0. The first-order chi connectivity index (χ1) is 13.4. The van der Waals surface area contributed by atoms with Crippen LogP contribution in [0.5, 0.6) is 5.75 Å². The first-order valence-electron chi connectivity index (χ1n) is 8.36. The van der Waals surface area contributed by atoms with E-state index >= 15 is 0 Å². The molecule has 1 aliphatic rings. The van der Waals surface area contributed by atoms with Crippen molar-refractivity contribution < 1.29 is 24.0 Å². The minimum Gasteiger partial charge on any atom is -0.425 e. The highest BCUT2D eigenvalue weighted by Crippen LogP contribution is 2.27. The minimum absolute atomic E-state index is 0.0985. The first-order valence-corrected chi connectivity index (χ1v) is 9.75. The Morgan fingerprint density at radius 3 is 2.18 bits per heavy atom. The van der Waals surface area contributed by atoms with Gasteiger partial charge >= 0.3 is 5.97 Å². The van der Waals surface area contributed by atoms with Crippen LogP contribution in [0.25, 0.3) is 0 Å². The van der Waals surface area contributed by atoms with Gasteiger partial charge < -0.3 is 4.74 Å². The molecule has 0 spiro atoms. The van der Waals surface area contributed by atoms with Crippen molar-refractivity contribution in [2.24, 2.45) is 0 Å². The summed E-state index contributed by atoms with van der Waals surface area (Å²) in [5, 5.41) is 10.7. The fourth-order valence-corrected chi connectivity index (χ4v) is 3.35. The van der Waals surface area contributed by atoms with Crippen LogP contribution < -0.4 is 4.74 Å². The van der Waals surface area contributed by atoms with E-state index in [1.54, 1.807) is 24.3 Å². The van der Waals surface area contributed by atoms with E-state index in [4.69, 9.17) is 4.74 Å². The van der Waals surface area contributed by atoms with Crippen LogP contribution in [-0.4, -0.2) is 45.7 Å². The first kappa shape index (κ1) is 19.6. The number of thioether (sulfide) groups is 1. The van der Waals surface area contributed by atoms with E-state index in [0.29, 0.717) is 5.75 Å². The number of amides is 2. The number of hydrogen-bond acceptors (Lipinski definition) is 7. The van der Waals surface area contributed by atoms with E-state index in [1.165, 1.54) is 36.0 Å². The highest BCUT2D eigenvalue weighted by atomic mass is 32.2. The summed E-state index contributed by atoms with van der Waals surface area (Å²) in [5.74, 6) is -1.20. The predicted molar refractivity (Wildman–Crippen MR) is 102 cm³/mol. The van der Waals surface area contributed by atoms with Crippen LogP contribution in [0.15, 0.2) is 48.5 Å². The Bertz CT molecular complexity index is 909. The third kappa shape index (κ3) is 3.74. The number of carbonyl (C=O) groups is 3. The van der Waals surface area contributed by atoms with E-state index in [0.717, 1.165) is 4.90 Å². The van der Waals surface area contributed by atoms with Crippen molar-refractivity contribution >= 4 is 35.2 Å². The molecule has 8 nitrogen and oxygen atoms in total. The van der Waals surface area contributed by atoms with E-state index in [1.807, 2.05) is 6.26 Å². The average molecular weight is 400 g/mol. The summed E-state index contributed by atoms with van der Waals surface area (Å²) >= 11 is 1.47. The normalized spacial score (nSPS) is 14.0. The fourth-order valence-electron chi connectivity index (χ4n) is 2.89. The smallest absolute Gasteiger partial charge is 0.334 e. The molecule has 0 N–H and O–H groups in total. The number of esters is 1. The van der Waals surface area contributed by atoms with Crippen LogP contribution in [0, 0.1) is 10.1 Å². The maximum absolute atomic E-state index is 12.8. The van der Waals surface area contributed by atoms with Gasteiger partial charge in [-0.1, -0.05) is 12.1 Å². The van der Waals surface area contributed by atoms with Crippen LogP contribution >= 0.6 is 11.8 Å². The number of nitro benzene ring substituents is 1. The molecule has 0 unspecified atom stereocenters. The Morgan fingerprint density at radius 2 is 1.68 bits per heavy atom. The van der Waals surface area contributed by atoms with Gasteiger partial charge in [0.2, 0.25) is 0 Å². The largest absolute Gasteiger partial charge is 0.425 e. The molecule has 2 aromatic rings. The van der Waals surface area contributed by atoms with Gasteiger partial charge in [-0.15, -0.1) is 0 Å². The molecule has 0 saturated carbocycles. The summed E-state index contributed by atoms with van der Waals surface area (Å²) in [6.07, 6.45) is 2.08. The lowest BCUT2D eigenvalue weighted by atomic mass is 10.1. The summed E-state index contributed by atoms with van der Waals surface area (Å²) < 4.78 is 5.30. The molecular formula is C19H16N2O6S. The number of carbonyl (C=O) groups excluding carboxylic acids is 3. The summed E-state index contributed by atoms with van der Waals surface area (Å²) in [7, 11) is 0. The molecule has 0 saturated heterocycles. The molecule has 144 valence electrons. The summed E-state index contributed by atoms with van der Waals surface area (Å²) in [5.41, 5.74) is 0.369. The molecular weight excluding hydrogens is 384 g/mol. The molecule has 28 heavy (non-hydrogen) atoms. The number of fused-ring (bicyclic) bond motifs is 1. The van der Waals surface area contributed by atoms with Gasteiger partial charge in [-0.2, -0.15) is 11.8 Å². The molecule has 2 amide bonds. The van der Waals surface area contributed by atoms with E-state index < -0.39 is 28.7 Å². The SMILES string of the molecule is CSCC[C@H](C(=O)Oc1ccc([N+](=O)[O-])cc1)N1C(=O)c2ccccc2C1=O. The number of ether oxygens (including phenoxy) is 1. The zero-order chi connectivity index (χ0) is 20.3. The van der Waals surface area contributed by atoms with Crippen LogP contribution in [0.2, 0.25) is 0 Å². The third-order valence-corrected chi connectivity index (χ3v) is 4.91. The lowest BCUT2D eigenvalue weighted by Crippen LogP contribution is -2.47. The zero-order valence-electron chi connectivity index (χ0n) is 14.9. The molecule has 1 aliphatic heterocycles. The molecule has 0 radical (unpaired) electrons.